The number of carbonyl (C=O) groups excluding carboxylic acids is 1. The molecule has 2 N–H and O–H groups in total. The number of aromatic nitrogens is 1. The third-order valence-electron chi connectivity index (χ3n) is 2.58. The van der Waals surface area contributed by atoms with E-state index < -0.39 is 0 Å². The van der Waals surface area contributed by atoms with Crippen molar-refractivity contribution in [1.29, 1.82) is 0 Å². The molecule has 1 atom stereocenters. The van der Waals surface area contributed by atoms with Crippen molar-refractivity contribution in [2.24, 2.45) is 0 Å². The van der Waals surface area contributed by atoms with Gasteiger partial charge in [-0.3, -0.25) is 4.79 Å². The first-order chi connectivity index (χ1) is 7.72. The van der Waals surface area contributed by atoms with E-state index in [1.807, 2.05) is 0 Å². The van der Waals surface area contributed by atoms with Crippen LogP contribution < -0.4 is 0 Å². The van der Waals surface area contributed by atoms with Crippen LogP contribution >= 0.6 is 11.6 Å². The van der Waals surface area contributed by atoms with Crippen LogP contribution in [0.25, 0.3) is 0 Å². The number of rotatable bonds is 2. The predicted octanol–water partition coefficient (Wildman–Crippen LogP) is 0.501. The van der Waals surface area contributed by atoms with Gasteiger partial charge in [0.05, 0.1) is 30.9 Å². The van der Waals surface area contributed by atoms with Crippen molar-refractivity contribution in [3.05, 3.63) is 23.0 Å². The summed E-state index contributed by atoms with van der Waals surface area (Å²) < 4.78 is 5.20. The van der Waals surface area contributed by atoms with E-state index in [2.05, 4.69) is 4.98 Å². The SMILES string of the molecule is O=C(c1cc(Cl)c[nH]1)N1CCOCC1CO. The molecule has 1 aliphatic rings. The first-order valence-corrected chi connectivity index (χ1v) is 5.43. The van der Waals surface area contributed by atoms with Gasteiger partial charge in [0.1, 0.15) is 5.69 Å². The van der Waals surface area contributed by atoms with Gasteiger partial charge >= 0.3 is 0 Å². The smallest absolute Gasteiger partial charge is 0.270 e. The minimum Gasteiger partial charge on any atom is -0.394 e. The number of aliphatic hydroxyl groups is 1. The number of aromatic amines is 1. The normalized spacial score (nSPS) is 21.1. The Morgan fingerprint density at radius 3 is 3.19 bits per heavy atom. The first kappa shape index (κ1) is 11.4. The second-order valence-electron chi connectivity index (χ2n) is 3.64. The molecule has 0 radical (unpaired) electrons. The lowest BCUT2D eigenvalue weighted by molar-refractivity contribution is -0.0186. The Bertz CT molecular complexity index is 380. The van der Waals surface area contributed by atoms with Crippen molar-refractivity contribution in [3.8, 4) is 0 Å². The van der Waals surface area contributed by atoms with Crippen LogP contribution in [0.15, 0.2) is 12.3 Å². The first-order valence-electron chi connectivity index (χ1n) is 5.06. The lowest BCUT2D eigenvalue weighted by Gasteiger charge is -2.34. The van der Waals surface area contributed by atoms with E-state index in [-0.39, 0.29) is 18.6 Å². The molecule has 0 aromatic carbocycles. The number of halogens is 1. The Hall–Kier alpha value is -1.04. The van der Waals surface area contributed by atoms with Crippen LogP contribution in [0.4, 0.5) is 0 Å². The largest absolute Gasteiger partial charge is 0.394 e. The summed E-state index contributed by atoms with van der Waals surface area (Å²) in [5, 5.41) is 9.65. The predicted molar refractivity (Wildman–Crippen MR) is 58.5 cm³/mol. The summed E-state index contributed by atoms with van der Waals surface area (Å²) in [4.78, 5) is 16.5. The fourth-order valence-electron chi connectivity index (χ4n) is 1.72. The van der Waals surface area contributed by atoms with Gasteiger partial charge in [0, 0.05) is 12.7 Å². The molecule has 0 bridgehead atoms. The monoisotopic (exact) mass is 244 g/mol. The van der Waals surface area contributed by atoms with E-state index in [1.165, 1.54) is 0 Å². The summed E-state index contributed by atoms with van der Waals surface area (Å²) in [7, 11) is 0. The van der Waals surface area contributed by atoms with Gasteiger partial charge in [0.25, 0.3) is 5.91 Å². The standard InChI is InChI=1S/C10H13ClN2O3/c11-7-3-9(12-4-7)10(15)13-1-2-16-6-8(13)5-14/h3-4,8,12,14H,1-2,5-6H2. The summed E-state index contributed by atoms with van der Waals surface area (Å²) in [6.45, 7) is 1.26. The number of H-pyrrole nitrogens is 1. The minimum absolute atomic E-state index is 0.0970. The van der Waals surface area contributed by atoms with Crippen molar-refractivity contribution in [2.45, 2.75) is 6.04 Å². The highest BCUT2D eigenvalue weighted by Gasteiger charge is 2.28. The van der Waals surface area contributed by atoms with Crippen molar-refractivity contribution < 1.29 is 14.6 Å². The second kappa shape index (κ2) is 4.86. The zero-order valence-electron chi connectivity index (χ0n) is 8.65. The zero-order chi connectivity index (χ0) is 11.5. The lowest BCUT2D eigenvalue weighted by atomic mass is 10.2. The molecule has 1 aromatic rings. The van der Waals surface area contributed by atoms with Crippen LogP contribution in [0.2, 0.25) is 5.02 Å². The molecular weight excluding hydrogens is 232 g/mol. The van der Waals surface area contributed by atoms with Crippen molar-refractivity contribution in [3.63, 3.8) is 0 Å². The molecule has 1 aliphatic heterocycles. The molecule has 6 heteroatoms. The fraction of sp³-hybridized carbons (Fsp3) is 0.500. The summed E-state index contributed by atoms with van der Waals surface area (Å²) in [5.41, 5.74) is 0.436. The molecule has 2 rings (SSSR count). The molecule has 1 saturated heterocycles. The van der Waals surface area contributed by atoms with Gasteiger partial charge in [-0.25, -0.2) is 0 Å². The highest BCUT2D eigenvalue weighted by Crippen LogP contribution is 2.15. The Morgan fingerprint density at radius 2 is 2.56 bits per heavy atom. The summed E-state index contributed by atoms with van der Waals surface area (Å²) in [6, 6.07) is 1.30. The van der Waals surface area contributed by atoms with Crippen LogP contribution in [-0.4, -0.2) is 53.3 Å². The molecule has 5 nitrogen and oxygen atoms in total. The maximum atomic E-state index is 12.1. The van der Waals surface area contributed by atoms with Crippen LogP contribution in [-0.2, 0) is 4.74 Å². The lowest BCUT2D eigenvalue weighted by Crippen LogP contribution is -2.50. The average Bonchev–Trinajstić information content (AvgIpc) is 2.75. The van der Waals surface area contributed by atoms with Gasteiger partial charge < -0.3 is 19.7 Å². The van der Waals surface area contributed by atoms with Crippen molar-refractivity contribution in [2.75, 3.05) is 26.4 Å². The number of aliphatic hydroxyl groups excluding tert-OH is 1. The number of hydrogen-bond acceptors (Lipinski definition) is 3. The Labute approximate surface area is 98.0 Å². The number of ether oxygens (including phenoxy) is 1. The van der Waals surface area contributed by atoms with Crippen molar-refractivity contribution >= 4 is 17.5 Å². The molecule has 2 heterocycles. The van der Waals surface area contributed by atoms with Crippen LogP contribution in [0.5, 0.6) is 0 Å². The minimum atomic E-state index is -0.275. The molecule has 1 unspecified atom stereocenters. The van der Waals surface area contributed by atoms with Gasteiger partial charge in [-0.05, 0) is 6.07 Å². The number of amides is 1. The summed E-state index contributed by atoms with van der Waals surface area (Å²) in [6.07, 6.45) is 1.56. The maximum Gasteiger partial charge on any atom is 0.270 e. The van der Waals surface area contributed by atoms with Gasteiger partial charge in [-0.2, -0.15) is 0 Å². The number of nitrogens with one attached hydrogen (secondary N) is 1. The van der Waals surface area contributed by atoms with Gasteiger partial charge in [0.2, 0.25) is 0 Å². The molecular formula is C10H13ClN2O3. The Kier molecular flexibility index (Phi) is 3.48. The molecule has 88 valence electrons. The van der Waals surface area contributed by atoms with Gasteiger partial charge in [-0.15, -0.1) is 0 Å². The van der Waals surface area contributed by atoms with Gasteiger partial charge in [0.15, 0.2) is 0 Å². The van der Waals surface area contributed by atoms with Crippen LogP contribution in [0.3, 0.4) is 0 Å². The second-order valence-corrected chi connectivity index (χ2v) is 4.08. The van der Waals surface area contributed by atoms with E-state index in [4.69, 9.17) is 21.4 Å². The summed E-state index contributed by atoms with van der Waals surface area (Å²) >= 11 is 5.74. The fourth-order valence-corrected chi connectivity index (χ4v) is 1.88. The average molecular weight is 245 g/mol. The topological polar surface area (TPSA) is 65.6 Å². The van der Waals surface area contributed by atoms with E-state index >= 15 is 0 Å². The third kappa shape index (κ3) is 2.21. The molecule has 1 fully saturated rings. The molecule has 1 aromatic heterocycles. The molecule has 0 aliphatic carbocycles. The highest BCUT2D eigenvalue weighted by atomic mass is 35.5. The molecule has 0 saturated carbocycles. The number of hydrogen-bond donors (Lipinski definition) is 2. The van der Waals surface area contributed by atoms with Crippen molar-refractivity contribution in [1.82, 2.24) is 9.88 Å². The highest BCUT2D eigenvalue weighted by molar-refractivity contribution is 6.30. The van der Waals surface area contributed by atoms with Crippen LogP contribution in [0.1, 0.15) is 10.5 Å². The molecule has 1 amide bonds. The van der Waals surface area contributed by atoms with E-state index in [1.54, 1.807) is 17.2 Å². The van der Waals surface area contributed by atoms with E-state index in [0.29, 0.717) is 30.5 Å². The van der Waals surface area contributed by atoms with E-state index in [9.17, 15) is 4.79 Å². The molecule has 16 heavy (non-hydrogen) atoms. The Balaban J connectivity index is 2.13. The number of nitrogens with zero attached hydrogens (tertiary/aromatic N) is 1. The third-order valence-corrected chi connectivity index (χ3v) is 2.80. The maximum absolute atomic E-state index is 12.1. The number of carbonyl (C=O) groups is 1. The molecule has 0 spiro atoms. The summed E-state index contributed by atoms with van der Waals surface area (Å²) in [5.74, 6) is -0.158. The quantitative estimate of drug-likeness (QED) is 0.796. The van der Waals surface area contributed by atoms with Crippen LogP contribution in [0, 0.1) is 0 Å². The Morgan fingerprint density at radius 1 is 1.75 bits per heavy atom. The van der Waals surface area contributed by atoms with Gasteiger partial charge in [-0.1, -0.05) is 11.6 Å². The number of morpholine rings is 1. The van der Waals surface area contributed by atoms with E-state index in [0.717, 1.165) is 0 Å². The zero-order valence-corrected chi connectivity index (χ0v) is 9.41.